The molecule has 0 atom stereocenters. The zero-order valence-electron chi connectivity index (χ0n) is 16.4. The lowest BCUT2D eigenvalue weighted by atomic mass is 10.0. The van der Waals surface area contributed by atoms with E-state index in [-0.39, 0.29) is 17.3 Å². The van der Waals surface area contributed by atoms with Crippen molar-refractivity contribution in [2.45, 2.75) is 37.0 Å². The molecule has 1 amide bonds. The van der Waals surface area contributed by atoms with Crippen LogP contribution in [0.1, 0.15) is 31.2 Å². The summed E-state index contributed by atoms with van der Waals surface area (Å²) < 4.78 is 26.9. The molecule has 0 radical (unpaired) electrons. The van der Waals surface area contributed by atoms with Crippen molar-refractivity contribution >= 4 is 27.4 Å². The molecule has 1 saturated heterocycles. The van der Waals surface area contributed by atoms with Gasteiger partial charge in [-0.05, 0) is 49.4 Å². The van der Waals surface area contributed by atoms with Gasteiger partial charge in [-0.3, -0.25) is 4.79 Å². The summed E-state index contributed by atoms with van der Waals surface area (Å²) in [6.07, 6.45) is 6.17. The second-order valence-corrected chi connectivity index (χ2v) is 9.41. The minimum absolute atomic E-state index is 0.0241. The van der Waals surface area contributed by atoms with Crippen molar-refractivity contribution in [1.29, 1.82) is 0 Å². The molecular formula is C21H26N4O3S. The Bertz CT molecular complexity index is 970. The topological polar surface area (TPSA) is 82.6 Å². The Labute approximate surface area is 171 Å². The monoisotopic (exact) mass is 414 g/mol. The summed E-state index contributed by atoms with van der Waals surface area (Å²) in [4.78, 5) is 18.9. The molecule has 7 nitrogen and oxygen atoms in total. The van der Waals surface area contributed by atoms with Gasteiger partial charge in [0.1, 0.15) is 10.7 Å². The minimum Gasteiger partial charge on any atom is -0.361 e. The highest BCUT2D eigenvalue weighted by Crippen LogP contribution is 2.26. The summed E-state index contributed by atoms with van der Waals surface area (Å²) in [7, 11) is -3.49. The summed E-state index contributed by atoms with van der Waals surface area (Å²) in [5.74, 6) is 0.463. The highest BCUT2D eigenvalue weighted by Gasteiger charge is 2.26. The van der Waals surface area contributed by atoms with Crippen LogP contribution in [0, 0.1) is 0 Å². The van der Waals surface area contributed by atoms with E-state index in [1.54, 1.807) is 17.0 Å². The van der Waals surface area contributed by atoms with Gasteiger partial charge in [-0.25, -0.2) is 13.4 Å². The third kappa shape index (κ3) is 4.28. The van der Waals surface area contributed by atoms with Crippen LogP contribution in [0.3, 0.4) is 0 Å². The summed E-state index contributed by atoms with van der Waals surface area (Å²) >= 11 is 0. The third-order valence-corrected chi connectivity index (χ3v) is 7.40. The number of aromatic nitrogens is 1. The van der Waals surface area contributed by atoms with Gasteiger partial charge in [0, 0.05) is 31.5 Å². The number of nitrogens with zero attached hydrogens (tertiary/aromatic N) is 3. The zero-order valence-corrected chi connectivity index (χ0v) is 17.2. The standard InChI is InChI=1S/C21H26N4O3S/c26-21(25-14-6-8-17-7-2-3-9-19(17)25)16-23-20-11-10-18(15-22-20)29(27,28)24-12-4-1-5-13-24/h2-3,7,9-11,15H,1,4-6,8,12-14,16H2,(H,22,23). The fraction of sp³-hybridized carbons (Fsp3) is 0.429. The molecule has 0 spiro atoms. The van der Waals surface area contributed by atoms with Crippen LogP contribution in [-0.2, 0) is 21.2 Å². The van der Waals surface area contributed by atoms with E-state index in [4.69, 9.17) is 0 Å². The molecule has 29 heavy (non-hydrogen) atoms. The number of aryl methyl sites for hydroxylation is 1. The maximum absolute atomic E-state index is 12.7. The third-order valence-electron chi connectivity index (χ3n) is 5.52. The van der Waals surface area contributed by atoms with Gasteiger partial charge in [-0.1, -0.05) is 24.6 Å². The maximum Gasteiger partial charge on any atom is 0.246 e. The summed E-state index contributed by atoms with van der Waals surface area (Å²) in [6, 6.07) is 11.2. The normalized spacial score (nSPS) is 17.6. The highest BCUT2D eigenvalue weighted by molar-refractivity contribution is 7.89. The molecule has 0 unspecified atom stereocenters. The number of hydrogen-bond donors (Lipinski definition) is 1. The first-order valence-corrected chi connectivity index (χ1v) is 11.6. The van der Waals surface area contributed by atoms with Gasteiger partial charge >= 0.3 is 0 Å². The highest BCUT2D eigenvalue weighted by atomic mass is 32.2. The molecule has 0 saturated carbocycles. The van der Waals surface area contributed by atoms with Crippen LogP contribution in [0.4, 0.5) is 11.5 Å². The second kappa shape index (κ2) is 8.51. The predicted octanol–water partition coefficient (Wildman–Crippen LogP) is 2.65. The number of pyridine rings is 1. The molecule has 0 aliphatic carbocycles. The number of rotatable bonds is 5. The molecule has 0 bridgehead atoms. The Balaban J connectivity index is 1.39. The van der Waals surface area contributed by atoms with Crippen LogP contribution >= 0.6 is 0 Å². The average molecular weight is 415 g/mol. The lowest BCUT2D eigenvalue weighted by molar-refractivity contribution is -0.117. The number of carbonyl (C=O) groups excluding carboxylic acids is 1. The van der Waals surface area contributed by atoms with Crippen molar-refractivity contribution in [2.75, 3.05) is 36.4 Å². The summed E-state index contributed by atoms with van der Waals surface area (Å²) in [5.41, 5.74) is 2.17. The van der Waals surface area contributed by atoms with E-state index in [0.29, 0.717) is 25.5 Å². The lowest BCUT2D eigenvalue weighted by Gasteiger charge is -2.29. The number of fused-ring (bicyclic) bond motifs is 1. The fourth-order valence-electron chi connectivity index (χ4n) is 3.95. The molecule has 2 aliphatic heterocycles. The Morgan fingerprint density at radius 2 is 1.79 bits per heavy atom. The number of hydrogen-bond acceptors (Lipinski definition) is 5. The number of piperidine rings is 1. The van der Waals surface area contributed by atoms with Crippen molar-refractivity contribution in [3.63, 3.8) is 0 Å². The first-order valence-electron chi connectivity index (χ1n) is 10.1. The van der Waals surface area contributed by atoms with E-state index < -0.39 is 10.0 Å². The van der Waals surface area contributed by atoms with E-state index in [1.165, 1.54) is 16.1 Å². The van der Waals surface area contributed by atoms with Gasteiger partial charge < -0.3 is 10.2 Å². The Morgan fingerprint density at radius 3 is 2.55 bits per heavy atom. The molecular weight excluding hydrogens is 388 g/mol. The molecule has 154 valence electrons. The SMILES string of the molecule is O=C(CNc1ccc(S(=O)(=O)N2CCCCC2)cn1)N1CCCc2ccccc21. The molecule has 4 rings (SSSR count). The van der Waals surface area contributed by atoms with E-state index in [2.05, 4.69) is 16.4 Å². The van der Waals surface area contributed by atoms with Crippen LogP contribution in [0.25, 0.3) is 0 Å². The van der Waals surface area contributed by atoms with Crippen LogP contribution in [0.5, 0.6) is 0 Å². The van der Waals surface area contributed by atoms with E-state index in [0.717, 1.165) is 37.8 Å². The molecule has 8 heteroatoms. The minimum atomic E-state index is -3.49. The smallest absolute Gasteiger partial charge is 0.246 e. The van der Waals surface area contributed by atoms with Crippen LogP contribution in [0.15, 0.2) is 47.5 Å². The Hall–Kier alpha value is -2.45. The van der Waals surface area contributed by atoms with E-state index in [9.17, 15) is 13.2 Å². The maximum atomic E-state index is 12.7. The van der Waals surface area contributed by atoms with Crippen LogP contribution in [0.2, 0.25) is 0 Å². The zero-order chi connectivity index (χ0) is 20.3. The number of carbonyl (C=O) groups is 1. The molecule has 1 fully saturated rings. The van der Waals surface area contributed by atoms with Gasteiger partial charge in [0.15, 0.2) is 0 Å². The van der Waals surface area contributed by atoms with Crippen molar-refractivity contribution in [2.24, 2.45) is 0 Å². The second-order valence-electron chi connectivity index (χ2n) is 7.48. The van der Waals surface area contributed by atoms with Gasteiger partial charge in [0.2, 0.25) is 15.9 Å². The molecule has 1 N–H and O–H groups in total. The van der Waals surface area contributed by atoms with Crippen molar-refractivity contribution in [3.8, 4) is 0 Å². The number of sulfonamides is 1. The number of nitrogens with one attached hydrogen (secondary N) is 1. The van der Waals surface area contributed by atoms with Crippen LogP contribution in [-0.4, -0.2) is 49.8 Å². The van der Waals surface area contributed by atoms with Crippen molar-refractivity contribution in [3.05, 3.63) is 48.2 Å². The van der Waals surface area contributed by atoms with Crippen LogP contribution < -0.4 is 10.2 Å². The fourth-order valence-corrected chi connectivity index (χ4v) is 5.41. The van der Waals surface area contributed by atoms with Gasteiger partial charge in [0.25, 0.3) is 0 Å². The van der Waals surface area contributed by atoms with Gasteiger partial charge in [-0.2, -0.15) is 4.31 Å². The molecule has 1 aromatic heterocycles. The number of para-hydroxylation sites is 1. The molecule has 3 heterocycles. The molecule has 1 aromatic carbocycles. The summed E-state index contributed by atoms with van der Waals surface area (Å²) in [5, 5.41) is 3.02. The van der Waals surface area contributed by atoms with Crippen molar-refractivity contribution < 1.29 is 13.2 Å². The first-order chi connectivity index (χ1) is 14.1. The van der Waals surface area contributed by atoms with E-state index in [1.807, 2.05) is 18.2 Å². The Kier molecular flexibility index (Phi) is 5.82. The van der Waals surface area contributed by atoms with Crippen molar-refractivity contribution in [1.82, 2.24) is 9.29 Å². The largest absolute Gasteiger partial charge is 0.361 e. The average Bonchev–Trinajstić information content (AvgIpc) is 2.78. The quantitative estimate of drug-likeness (QED) is 0.813. The van der Waals surface area contributed by atoms with Gasteiger partial charge in [-0.15, -0.1) is 0 Å². The van der Waals surface area contributed by atoms with Gasteiger partial charge in [0.05, 0.1) is 6.54 Å². The first kappa shape index (κ1) is 19.8. The predicted molar refractivity (Wildman–Crippen MR) is 112 cm³/mol. The number of benzene rings is 1. The lowest BCUT2D eigenvalue weighted by Crippen LogP contribution is -2.39. The summed E-state index contributed by atoms with van der Waals surface area (Å²) in [6.45, 7) is 1.94. The number of amides is 1. The van der Waals surface area contributed by atoms with E-state index >= 15 is 0 Å². The Morgan fingerprint density at radius 1 is 1.00 bits per heavy atom. The molecule has 2 aliphatic rings. The molecule has 2 aromatic rings. The number of anilines is 2.